The molecule has 2 rings (SSSR count). The van der Waals surface area contributed by atoms with Crippen molar-refractivity contribution in [3.8, 4) is 11.5 Å². The Morgan fingerprint density at radius 3 is 2.71 bits per heavy atom. The summed E-state index contributed by atoms with van der Waals surface area (Å²) < 4.78 is 11.0. The van der Waals surface area contributed by atoms with Crippen molar-refractivity contribution >= 4 is 39.8 Å². The van der Waals surface area contributed by atoms with E-state index in [9.17, 15) is 4.79 Å². The van der Waals surface area contributed by atoms with Crippen LogP contribution in [0.3, 0.4) is 0 Å². The van der Waals surface area contributed by atoms with Crippen molar-refractivity contribution in [3.05, 3.63) is 18.2 Å². The van der Waals surface area contributed by atoms with Crippen molar-refractivity contribution in [3.63, 3.8) is 0 Å². The molecule has 0 fully saturated rings. The summed E-state index contributed by atoms with van der Waals surface area (Å²) in [6, 6.07) is 5.17. The summed E-state index contributed by atoms with van der Waals surface area (Å²) >= 11 is 2.53. The molecule has 1 aromatic heterocycles. The molecule has 1 aromatic carbocycles. The van der Waals surface area contributed by atoms with Crippen LogP contribution in [0.25, 0.3) is 0 Å². The van der Waals surface area contributed by atoms with Crippen molar-refractivity contribution in [2.24, 2.45) is 0 Å². The fourth-order valence-electron chi connectivity index (χ4n) is 1.52. The van der Waals surface area contributed by atoms with Gasteiger partial charge in [0.15, 0.2) is 15.8 Å². The van der Waals surface area contributed by atoms with Gasteiger partial charge in [0, 0.05) is 11.8 Å². The van der Waals surface area contributed by atoms with Crippen LogP contribution < -0.4 is 20.5 Å². The topological polar surface area (TPSA) is 99.4 Å². The lowest BCUT2D eigenvalue weighted by molar-refractivity contribution is -0.113. The monoisotopic (exact) mass is 326 g/mol. The van der Waals surface area contributed by atoms with E-state index in [-0.39, 0.29) is 11.7 Å². The SMILES string of the molecule is COc1ccc(NC(=O)CSc2nnc(N)s2)cc1OC. The first-order valence-corrected chi connectivity index (χ1v) is 7.66. The Balaban J connectivity index is 1.93. The first kappa shape index (κ1) is 15.4. The molecule has 21 heavy (non-hydrogen) atoms. The number of methoxy groups -OCH3 is 2. The first-order chi connectivity index (χ1) is 10.1. The molecule has 112 valence electrons. The van der Waals surface area contributed by atoms with Crippen molar-refractivity contribution in [1.29, 1.82) is 0 Å². The van der Waals surface area contributed by atoms with Crippen LogP contribution in [0, 0.1) is 0 Å². The first-order valence-electron chi connectivity index (χ1n) is 5.86. The summed E-state index contributed by atoms with van der Waals surface area (Å²) in [5, 5.41) is 10.7. The van der Waals surface area contributed by atoms with Crippen LogP contribution in [0.5, 0.6) is 11.5 Å². The molecule has 7 nitrogen and oxygen atoms in total. The molecule has 0 radical (unpaired) electrons. The zero-order valence-electron chi connectivity index (χ0n) is 11.5. The molecule has 0 saturated carbocycles. The molecule has 3 N–H and O–H groups in total. The predicted octanol–water partition coefficient (Wildman–Crippen LogP) is 1.87. The minimum Gasteiger partial charge on any atom is -0.493 e. The number of nitrogens with zero attached hydrogens (tertiary/aromatic N) is 2. The highest BCUT2D eigenvalue weighted by Crippen LogP contribution is 2.30. The lowest BCUT2D eigenvalue weighted by Crippen LogP contribution is -2.14. The maximum atomic E-state index is 11.9. The summed E-state index contributed by atoms with van der Waals surface area (Å²) in [5.41, 5.74) is 6.11. The highest BCUT2D eigenvalue weighted by Gasteiger charge is 2.09. The predicted molar refractivity (Wildman–Crippen MR) is 83.2 cm³/mol. The third-order valence-electron chi connectivity index (χ3n) is 2.42. The second-order valence-electron chi connectivity index (χ2n) is 3.81. The zero-order chi connectivity index (χ0) is 15.2. The van der Waals surface area contributed by atoms with Gasteiger partial charge < -0.3 is 20.5 Å². The number of amides is 1. The van der Waals surface area contributed by atoms with Gasteiger partial charge in [0.25, 0.3) is 0 Å². The van der Waals surface area contributed by atoms with Gasteiger partial charge >= 0.3 is 0 Å². The molecular formula is C12H14N4O3S2. The molecule has 0 spiro atoms. The number of rotatable bonds is 6. The molecule has 9 heteroatoms. The number of hydrogen-bond donors (Lipinski definition) is 2. The van der Waals surface area contributed by atoms with Crippen LogP contribution in [0.1, 0.15) is 0 Å². The number of thioether (sulfide) groups is 1. The number of hydrogen-bond acceptors (Lipinski definition) is 8. The molecule has 0 aliphatic carbocycles. The average molecular weight is 326 g/mol. The molecule has 0 saturated heterocycles. The lowest BCUT2D eigenvalue weighted by Gasteiger charge is -2.10. The number of nitrogens with one attached hydrogen (secondary N) is 1. The second-order valence-corrected chi connectivity index (χ2v) is 6.04. The Morgan fingerprint density at radius 1 is 1.33 bits per heavy atom. The van der Waals surface area contributed by atoms with E-state index in [4.69, 9.17) is 15.2 Å². The molecule has 0 aliphatic rings. The molecule has 0 atom stereocenters. The van der Waals surface area contributed by atoms with Crippen LogP contribution >= 0.6 is 23.1 Å². The quantitative estimate of drug-likeness (QED) is 0.782. The Morgan fingerprint density at radius 2 is 2.10 bits per heavy atom. The lowest BCUT2D eigenvalue weighted by atomic mass is 10.2. The van der Waals surface area contributed by atoms with Crippen LogP contribution in [-0.4, -0.2) is 36.1 Å². The number of carbonyl (C=O) groups is 1. The fraction of sp³-hybridized carbons (Fsp3) is 0.250. The van der Waals surface area contributed by atoms with E-state index in [1.807, 2.05) is 0 Å². The average Bonchev–Trinajstić information content (AvgIpc) is 2.90. The highest BCUT2D eigenvalue weighted by atomic mass is 32.2. The molecule has 0 bridgehead atoms. The van der Waals surface area contributed by atoms with E-state index in [0.29, 0.717) is 26.7 Å². The Kier molecular flexibility index (Phi) is 5.23. The van der Waals surface area contributed by atoms with Gasteiger partial charge in [0.2, 0.25) is 11.0 Å². The van der Waals surface area contributed by atoms with Crippen LogP contribution in [0.4, 0.5) is 10.8 Å². The number of benzene rings is 1. The third-order valence-corrected chi connectivity index (χ3v) is 4.30. The van der Waals surface area contributed by atoms with Crippen molar-refractivity contribution < 1.29 is 14.3 Å². The van der Waals surface area contributed by atoms with Gasteiger partial charge in [-0.05, 0) is 12.1 Å². The van der Waals surface area contributed by atoms with Gasteiger partial charge in [-0.15, -0.1) is 10.2 Å². The second kappa shape index (κ2) is 7.14. The van der Waals surface area contributed by atoms with E-state index < -0.39 is 0 Å². The Bertz CT molecular complexity index is 633. The number of carbonyl (C=O) groups excluding carboxylic acids is 1. The van der Waals surface area contributed by atoms with Gasteiger partial charge in [-0.25, -0.2) is 0 Å². The number of ether oxygens (including phenoxy) is 2. The maximum Gasteiger partial charge on any atom is 0.234 e. The fourth-order valence-corrected chi connectivity index (χ4v) is 2.95. The number of anilines is 2. The van der Waals surface area contributed by atoms with Gasteiger partial charge in [0.1, 0.15) is 0 Å². The van der Waals surface area contributed by atoms with E-state index in [2.05, 4.69) is 15.5 Å². The van der Waals surface area contributed by atoms with Gasteiger partial charge in [-0.3, -0.25) is 4.79 Å². The number of nitrogens with two attached hydrogens (primary N) is 1. The van der Waals surface area contributed by atoms with Crippen LogP contribution in [0.2, 0.25) is 0 Å². The molecule has 1 amide bonds. The van der Waals surface area contributed by atoms with E-state index in [0.717, 1.165) is 0 Å². The normalized spacial score (nSPS) is 10.2. The maximum absolute atomic E-state index is 11.9. The van der Waals surface area contributed by atoms with Gasteiger partial charge in [-0.1, -0.05) is 23.1 Å². The summed E-state index contributed by atoms with van der Waals surface area (Å²) in [4.78, 5) is 11.9. The highest BCUT2D eigenvalue weighted by molar-refractivity contribution is 8.01. The Labute approximate surface area is 129 Å². The van der Waals surface area contributed by atoms with Crippen LogP contribution in [-0.2, 0) is 4.79 Å². The summed E-state index contributed by atoms with van der Waals surface area (Å²) in [6.45, 7) is 0. The van der Waals surface area contributed by atoms with E-state index in [1.165, 1.54) is 23.1 Å². The van der Waals surface area contributed by atoms with Gasteiger partial charge in [-0.2, -0.15) is 0 Å². The number of nitrogen functional groups attached to an aromatic ring is 1. The standard InChI is InChI=1S/C12H14N4O3S2/c1-18-8-4-3-7(5-9(8)19-2)14-10(17)6-20-12-16-15-11(13)21-12/h3-5H,6H2,1-2H3,(H2,13,15)(H,14,17). The van der Waals surface area contributed by atoms with Crippen molar-refractivity contribution in [1.82, 2.24) is 10.2 Å². The minimum absolute atomic E-state index is 0.152. The van der Waals surface area contributed by atoms with Gasteiger partial charge in [0.05, 0.1) is 20.0 Å². The van der Waals surface area contributed by atoms with Crippen molar-refractivity contribution in [2.45, 2.75) is 4.34 Å². The van der Waals surface area contributed by atoms with Crippen molar-refractivity contribution in [2.75, 3.05) is 31.0 Å². The summed E-state index contributed by atoms with van der Waals surface area (Å²) in [7, 11) is 3.10. The minimum atomic E-state index is -0.152. The number of aromatic nitrogens is 2. The van der Waals surface area contributed by atoms with E-state index in [1.54, 1.807) is 32.4 Å². The largest absolute Gasteiger partial charge is 0.493 e. The summed E-state index contributed by atoms with van der Waals surface area (Å²) in [6.07, 6.45) is 0. The molecule has 2 aromatic rings. The third kappa shape index (κ3) is 4.23. The molecule has 1 heterocycles. The molecule has 0 unspecified atom stereocenters. The Hall–Kier alpha value is -2.00. The zero-order valence-corrected chi connectivity index (χ0v) is 13.1. The smallest absolute Gasteiger partial charge is 0.234 e. The molecular weight excluding hydrogens is 312 g/mol. The summed E-state index contributed by atoms with van der Waals surface area (Å²) in [5.74, 6) is 1.23. The van der Waals surface area contributed by atoms with Crippen LogP contribution in [0.15, 0.2) is 22.5 Å². The van der Waals surface area contributed by atoms with E-state index >= 15 is 0 Å². The molecule has 0 aliphatic heterocycles.